The molecular weight excluding hydrogens is 226 g/mol. The van der Waals surface area contributed by atoms with Crippen molar-refractivity contribution in [2.75, 3.05) is 0 Å². The van der Waals surface area contributed by atoms with E-state index in [9.17, 15) is 5.11 Å². The van der Waals surface area contributed by atoms with Crippen molar-refractivity contribution in [3.05, 3.63) is 60.0 Å². The number of nitrogens with zero attached hydrogens (tertiary/aromatic N) is 3. The Morgan fingerprint density at radius 3 is 2.78 bits per heavy atom. The Balaban J connectivity index is 2.14. The Kier molecular flexibility index (Phi) is 2.57. The molecule has 0 radical (unpaired) electrons. The van der Waals surface area contributed by atoms with Gasteiger partial charge >= 0.3 is 0 Å². The third kappa shape index (κ3) is 1.76. The van der Waals surface area contributed by atoms with Gasteiger partial charge in [0.05, 0.1) is 11.2 Å². The van der Waals surface area contributed by atoms with E-state index >= 15 is 0 Å². The van der Waals surface area contributed by atoms with Crippen LogP contribution < -0.4 is 0 Å². The first-order chi connectivity index (χ1) is 8.75. The van der Waals surface area contributed by atoms with Crippen LogP contribution in [0.4, 0.5) is 0 Å². The number of pyridine rings is 1. The fourth-order valence-electron chi connectivity index (χ4n) is 2.09. The van der Waals surface area contributed by atoms with Crippen LogP contribution in [-0.2, 0) is 7.05 Å². The normalized spacial score (nSPS) is 12.8. The van der Waals surface area contributed by atoms with E-state index in [1.165, 1.54) is 0 Å². The molecule has 0 aliphatic heterocycles. The molecule has 1 N–H and O–H groups in total. The van der Waals surface area contributed by atoms with Crippen LogP contribution in [0, 0.1) is 0 Å². The first-order valence-corrected chi connectivity index (χ1v) is 5.77. The van der Waals surface area contributed by atoms with Gasteiger partial charge in [0, 0.05) is 24.8 Å². The number of aryl methyl sites for hydroxylation is 1. The Morgan fingerprint density at radius 2 is 2.00 bits per heavy atom. The maximum atomic E-state index is 10.4. The second-order valence-electron chi connectivity index (χ2n) is 4.23. The molecule has 3 rings (SSSR count). The van der Waals surface area contributed by atoms with Gasteiger partial charge in [-0.2, -0.15) is 5.10 Å². The quantitative estimate of drug-likeness (QED) is 0.744. The van der Waals surface area contributed by atoms with Gasteiger partial charge in [0.15, 0.2) is 0 Å². The molecule has 0 spiro atoms. The van der Waals surface area contributed by atoms with E-state index < -0.39 is 6.10 Å². The van der Waals surface area contributed by atoms with Crippen molar-refractivity contribution in [1.29, 1.82) is 0 Å². The minimum atomic E-state index is -0.723. The zero-order valence-electron chi connectivity index (χ0n) is 9.99. The lowest BCUT2D eigenvalue weighted by Gasteiger charge is -2.11. The topological polar surface area (TPSA) is 50.9 Å². The van der Waals surface area contributed by atoms with E-state index in [4.69, 9.17) is 0 Å². The lowest BCUT2D eigenvalue weighted by Crippen LogP contribution is -2.03. The molecular formula is C14H13N3O. The summed E-state index contributed by atoms with van der Waals surface area (Å²) in [5.41, 5.74) is 2.36. The van der Waals surface area contributed by atoms with Crippen LogP contribution in [0.5, 0.6) is 0 Å². The molecule has 4 nitrogen and oxygen atoms in total. The van der Waals surface area contributed by atoms with Crippen LogP contribution in [0.2, 0.25) is 0 Å². The summed E-state index contributed by atoms with van der Waals surface area (Å²) in [6.07, 6.45) is 2.81. The van der Waals surface area contributed by atoms with Crippen LogP contribution in [0.1, 0.15) is 17.4 Å². The number of benzene rings is 1. The molecule has 1 aromatic carbocycles. The van der Waals surface area contributed by atoms with Crippen molar-refractivity contribution in [1.82, 2.24) is 14.8 Å². The zero-order valence-corrected chi connectivity index (χ0v) is 9.99. The van der Waals surface area contributed by atoms with Gasteiger partial charge in [0.25, 0.3) is 0 Å². The fraction of sp³-hybridized carbons (Fsp3) is 0.143. The largest absolute Gasteiger partial charge is 0.382 e. The molecule has 0 saturated heterocycles. The lowest BCUT2D eigenvalue weighted by atomic mass is 10.0. The van der Waals surface area contributed by atoms with Crippen molar-refractivity contribution in [3.8, 4) is 0 Å². The highest BCUT2D eigenvalue weighted by Gasteiger charge is 2.15. The SMILES string of the molecule is Cn1ccc(C(O)c2ccnc3ccccc23)n1. The van der Waals surface area contributed by atoms with E-state index in [0.29, 0.717) is 5.69 Å². The fourth-order valence-corrected chi connectivity index (χ4v) is 2.09. The molecule has 0 bridgehead atoms. The first kappa shape index (κ1) is 10.9. The highest BCUT2D eigenvalue weighted by molar-refractivity contribution is 5.82. The molecule has 0 aliphatic carbocycles. The van der Waals surface area contributed by atoms with Crippen LogP contribution in [-0.4, -0.2) is 19.9 Å². The molecule has 0 aliphatic rings. The van der Waals surface area contributed by atoms with Gasteiger partial charge in [-0.25, -0.2) is 0 Å². The molecule has 18 heavy (non-hydrogen) atoms. The monoisotopic (exact) mass is 239 g/mol. The van der Waals surface area contributed by atoms with Crippen molar-refractivity contribution in [3.63, 3.8) is 0 Å². The van der Waals surface area contributed by atoms with E-state index in [2.05, 4.69) is 10.1 Å². The number of fused-ring (bicyclic) bond motifs is 1. The number of rotatable bonds is 2. The molecule has 0 fully saturated rings. The van der Waals surface area contributed by atoms with Crippen molar-refractivity contribution >= 4 is 10.9 Å². The average molecular weight is 239 g/mol. The van der Waals surface area contributed by atoms with Crippen LogP contribution in [0.15, 0.2) is 48.8 Å². The van der Waals surface area contributed by atoms with Gasteiger partial charge in [-0.1, -0.05) is 18.2 Å². The molecule has 2 heterocycles. The summed E-state index contributed by atoms with van der Waals surface area (Å²) in [6.45, 7) is 0. The standard InChI is InChI=1S/C14H13N3O/c1-17-9-7-13(16-17)14(18)11-6-8-15-12-5-3-2-4-10(11)12/h2-9,14,18H,1H3. The Morgan fingerprint density at radius 1 is 1.17 bits per heavy atom. The van der Waals surface area contributed by atoms with Crippen molar-refractivity contribution in [2.24, 2.45) is 7.05 Å². The number of para-hydroxylation sites is 1. The van der Waals surface area contributed by atoms with Crippen LogP contribution in [0.25, 0.3) is 10.9 Å². The predicted molar refractivity (Wildman–Crippen MR) is 69.0 cm³/mol. The molecule has 2 aromatic heterocycles. The Labute approximate surface area is 105 Å². The van der Waals surface area contributed by atoms with E-state index in [0.717, 1.165) is 16.5 Å². The van der Waals surface area contributed by atoms with Gasteiger partial charge in [-0.05, 0) is 23.8 Å². The number of aliphatic hydroxyl groups excluding tert-OH is 1. The number of aliphatic hydroxyl groups is 1. The van der Waals surface area contributed by atoms with Crippen molar-refractivity contribution < 1.29 is 5.11 Å². The summed E-state index contributed by atoms with van der Waals surface area (Å²) >= 11 is 0. The number of hydrogen-bond acceptors (Lipinski definition) is 3. The average Bonchev–Trinajstić information content (AvgIpc) is 2.84. The minimum absolute atomic E-state index is 0.647. The molecule has 90 valence electrons. The maximum absolute atomic E-state index is 10.4. The van der Waals surface area contributed by atoms with Crippen LogP contribution in [0.3, 0.4) is 0 Å². The van der Waals surface area contributed by atoms with Gasteiger partial charge in [-0.3, -0.25) is 9.67 Å². The zero-order chi connectivity index (χ0) is 12.5. The molecule has 3 aromatic rings. The molecule has 0 saturated carbocycles. The summed E-state index contributed by atoms with van der Waals surface area (Å²) in [7, 11) is 1.83. The molecule has 1 unspecified atom stereocenters. The summed E-state index contributed by atoms with van der Waals surface area (Å²) < 4.78 is 1.68. The Hall–Kier alpha value is -2.20. The van der Waals surface area contributed by atoms with Gasteiger partial charge in [0.1, 0.15) is 6.10 Å². The summed E-state index contributed by atoms with van der Waals surface area (Å²) in [5, 5.41) is 15.6. The van der Waals surface area contributed by atoms with E-state index in [1.807, 2.05) is 49.6 Å². The summed E-state index contributed by atoms with van der Waals surface area (Å²) in [6, 6.07) is 11.4. The third-order valence-electron chi connectivity index (χ3n) is 2.99. The smallest absolute Gasteiger partial charge is 0.124 e. The summed E-state index contributed by atoms with van der Waals surface area (Å²) in [4.78, 5) is 4.29. The number of aromatic nitrogens is 3. The third-order valence-corrected chi connectivity index (χ3v) is 2.99. The lowest BCUT2D eigenvalue weighted by molar-refractivity contribution is 0.216. The predicted octanol–water partition coefficient (Wildman–Crippen LogP) is 2.05. The maximum Gasteiger partial charge on any atom is 0.124 e. The van der Waals surface area contributed by atoms with Gasteiger partial charge in [0.2, 0.25) is 0 Å². The van der Waals surface area contributed by atoms with E-state index in [-0.39, 0.29) is 0 Å². The molecule has 4 heteroatoms. The highest BCUT2D eigenvalue weighted by atomic mass is 16.3. The number of hydrogen-bond donors (Lipinski definition) is 1. The molecule has 1 atom stereocenters. The molecule has 0 amide bonds. The van der Waals surface area contributed by atoms with E-state index in [1.54, 1.807) is 10.9 Å². The van der Waals surface area contributed by atoms with Gasteiger partial charge < -0.3 is 5.11 Å². The van der Waals surface area contributed by atoms with Gasteiger partial charge in [-0.15, -0.1) is 0 Å². The second kappa shape index (κ2) is 4.23. The second-order valence-corrected chi connectivity index (χ2v) is 4.23. The first-order valence-electron chi connectivity index (χ1n) is 5.77. The minimum Gasteiger partial charge on any atom is -0.382 e. The summed E-state index contributed by atoms with van der Waals surface area (Å²) in [5.74, 6) is 0. The van der Waals surface area contributed by atoms with Crippen LogP contribution >= 0.6 is 0 Å². The van der Waals surface area contributed by atoms with Crippen molar-refractivity contribution in [2.45, 2.75) is 6.10 Å². The Bertz CT molecular complexity index is 685. The highest BCUT2D eigenvalue weighted by Crippen LogP contribution is 2.26.